The summed E-state index contributed by atoms with van der Waals surface area (Å²) in [6, 6.07) is 6.22. The van der Waals surface area contributed by atoms with Crippen LogP contribution in [0.5, 0.6) is 0 Å². The molecule has 3 heterocycles. The van der Waals surface area contributed by atoms with Gasteiger partial charge in [-0.1, -0.05) is 6.07 Å². The fourth-order valence-electron chi connectivity index (χ4n) is 2.98. The molecule has 0 radical (unpaired) electrons. The first kappa shape index (κ1) is 15.5. The van der Waals surface area contributed by atoms with Gasteiger partial charge in [-0.05, 0) is 44.4 Å². The number of nitrogens with one attached hydrogen (secondary N) is 1. The molecule has 1 aliphatic heterocycles. The molecule has 1 atom stereocenters. The Morgan fingerprint density at radius 3 is 3.00 bits per heavy atom. The molecule has 0 bridgehead atoms. The van der Waals surface area contributed by atoms with Crippen molar-refractivity contribution >= 4 is 11.7 Å². The Bertz CT molecular complexity index is 681. The SMILES string of the molecule is Cc1cnn(CC(=O)N[C@H]2CCCN(c3cccc(C)n3)C2)c1. The highest BCUT2D eigenvalue weighted by Crippen LogP contribution is 2.18. The van der Waals surface area contributed by atoms with Crippen LogP contribution >= 0.6 is 0 Å². The molecule has 122 valence electrons. The highest BCUT2D eigenvalue weighted by atomic mass is 16.2. The van der Waals surface area contributed by atoms with Crippen molar-refractivity contribution in [3.05, 3.63) is 41.9 Å². The summed E-state index contributed by atoms with van der Waals surface area (Å²) in [5, 5.41) is 7.28. The molecule has 6 heteroatoms. The third-order valence-electron chi connectivity index (χ3n) is 4.05. The van der Waals surface area contributed by atoms with Crippen molar-refractivity contribution in [3.8, 4) is 0 Å². The average Bonchev–Trinajstić information content (AvgIpc) is 2.92. The van der Waals surface area contributed by atoms with Crippen molar-refractivity contribution in [3.63, 3.8) is 0 Å². The van der Waals surface area contributed by atoms with Gasteiger partial charge < -0.3 is 10.2 Å². The second-order valence-electron chi connectivity index (χ2n) is 6.21. The summed E-state index contributed by atoms with van der Waals surface area (Å²) in [6.07, 6.45) is 5.70. The van der Waals surface area contributed by atoms with Crippen LogP contribution in [0, 0.1) is 13.8 Å². The Labute approximate surface area is 136 Å². The molecule has 0 aromatic carbocycles. The summed E-state index contributed by atoms with van der Waals surface area (Å²) >= 11 is 0. The molecule has 0 saturated carbocycles. The van der Waals surface area contributed by atoms with E-state index in [2.05, 4.69) is 20.3 Å². The maximum absolute atomic E-state index is 12.2. The summed E-state index contributed by atoms with van der Waals surface area (Å²) in [6.45, 7) is 6.03. The predicted octanol–water partition coefficient (Wildman–Crippen LogP) is 1.68. The van der Waals surface area contributed by atoms with Crippen molar-refractivity contribution in [2.75, 3.05) is 18.0 Å². The molecule has 0 spiro atoms. The number of carbonyl (C=O) groups excluding carboxylic acids is 1. The van der Waals surface area contributed by atoms with Crippen LogP contribution in [-0.4, -0.2) is 39.8 Å². The van der Waals surface area contributed by atoms with Crippen LogP contribution in [0.15, 0.2) is 30.6 Å². The van der Waals surface area contributed by atoms with E-state index in [1.54, 1.807) is 10.9 Å². The van der Waals surface area contributed by atoms with Gasteiger partial charge in [-0.25, -0.2) is 4.98 Å². The molecular weight excluding hydrogens is 290 g/mol. The Morgan fingerprint density at radius 1 is 1.39 bits per heavy atom. The number of rotatable bonds is 4. The highest BCUT2D eigenvalue weighted by Gasteiger charge is 2.22. The van der Waals surface area contributed by atoms with E-state index in [1.807, 2.05) is 38.2 Å². The van der Waals surface area contributed by atoms with Crippen LogP contribution in [-0.2, 0) is 11.3 Å². The number of carbonyl (C=O) groups is 1. The second kappa shape index (κ2) is 6.81. The number of hydrogen-bond acceptors (Lipinski definition) is 4. The molecule has 2 aromatic heterocycles. The lowest BCUT2D eigenvalue weighted by Crippen LogP contribution is -2.48. The maximum Gasteiger partial charge on any atom is 0.242 e. The van der Waals surface area contributed by atoms with Crippen LogP contribution in [0.2, 0.25) is 0 Å². The van der Waals surface area contributed by atoms with Crippen molar-refractivity contribution in [1.29, 1.82) is 0 Å². The van der Waals surface area contributed by atoms with Crippen molar-refractivity contribution in [2.24, 2.45) is 0 Å². The maximum atomic E-state index is 12.2. The number of piperidine rings is 1. The van der Waals surface area contributed by atoms with Crippen LogP contribution < -0.4 is 10.2 Å². The van der Waals surface area contributed by atoms with E-state index in [9.17, 15) is 4.79 Å². The Hall–Kier alpha value is -2.37. The lowest BCUT2D eigenvalue weighted by molar-refractivity contribution is -0.122. The zero-order chi connectivity index (χ0) is 16.2. The number of amides is 1. The van der Waals surface area contributed by atoms with Gasteiger partial charge in [0.05, 0.1) is 6.20 Å². The van der Waals surface area contributed by atoms with Crippen LogP contribution in [0.3, 0.4) is 0 Å². The zero-order valence-electron chi connectivity index (χ0n) is 13.7. The van der Waals surface area contributed by atoms with Gasteiger partial charge in [0.15, 0.2) is 0 Å². The largest absolute Gasteiger partial charge is 0.355 e. The Kier molecular flexibility index (Phi) is 4.60. The molecule has 23 heavy (non-hydrogen) atoms. The second-order valence-corrected chi connectivity index (χ2v) is 6.21. The molecular formula is C17H23N5O. The molecule has 0 aliphatic carbocycles. The minimum absolute atomic E-state index is 0.0113. The van der Waals surface area contributed by atoms with Crippen molar-refractivity contribution < 1.29 is 4.79 Å². The number of aryl methyl sites for hydroxylation is 2. The smallest absolute Gasteiger partial charge is 0.242 e. The fraction of sp³-hybridized carbons (Fsp3) is 0.471. The van der Waals surface area contributed by atoms with E-state index >= 15 is 0 Å². The van der Waals surface area contributed by atoms with Gasteiger partial charge in [0, 0.05) is 31.0 Å². The third-order valence-corrected chi connectivity index (χ3v) is 4.05. The van der Waals surface area contributed by atoms with Gasteiger partial charge in [0.1, 0.15) is 12.4 Å². The van der Waals surface area contributed by atoms with Gasteiger partial charge in [-0.2, -0.15) is 5.10 Å². The molecule has 1 fully saturated rings. The van der Waals surface area contributed by atoms with E-state index in [-0.39, 0.29) is 18.5 Å². The lowest BCUT2D eigenvalue weighted by atomic mass is 10.1. The van der Waals surface area contributed by atoms with Gasteiger partial charge >= 0.3 is 0 Å². The standard InChI is InChI=1S/C17H23N5O/c1-13-9-18-22(10-13)12-17(23)20-15-6-4-8-21(11-15)16-7-3-5-14(2)19-16/h3,5,7,9-10,15H,4,6,8,11-12H2,1-2H3,(H,20,23)/t15-/m0/s1. The summed E-state index contributed by atoms with van der Waals surface area (Å²) in [4.78, 5) is 19.0. The minimum Gasteiger partial charge on any atom is -0.355 e. The molecule has 6 nitrogen and oxygen atoms in total. The first-order chi connectivity index (χ1) is 11.1. The van der Waals surface area contributed by atoms with Crippen LogP contribution in [0.1, 0.15) is 24.1 Å². The number of nitrogens with zero attached hydrogens (tertiary/aromatic N) is 4. The van der Waals surface area contributed by atoms with Crippen LogP contribution in [0.4, 0.5) is 5.82 Å². The predicted molar refractivity (Wildman–Crippen MR) is 89.3 cm³/mol. The summed E-state index contributed by atoms with van der Waals surface area (Å²) in [5.41, 5.74) is 2.08. The first-order valence-electron chi connectivity index (χ1n) is 8.07. The molecule has 1 N–H and O–H groups in total. The summed E-state index contributed by atoms with van der Waals surface area (Å²) < 4.78 is 1.67. The van der Waals surface area contributed by atoms with E-state index in [1.165, 1.54) is 0 Å². The number of aromatic nitrogens is 3. The van der Waals surface area contributed by atoms with Gasteiger partial charge in [-0.15, -0.1) is 0 Å². The number of anilines is 1. The Morgan fingerprint density at radius 2 is 2.26 bits per heavy atom. The van der Waals surface area contributed by atoms with E-state index in [0.717, 1.165) is 43.0 Å². The quantitative estimate of drug-likeness (QED) is 0.933. The monoisotopic (exact) mass is 313 g/mol. The number of pyridine rings is 1. The molecule has 1 aliphatic rings. The van der Waals surface area contributed by atoms with E-state index < -0.39 is 0 Å². The molecule has 3 rings (SSSR count). The van der Waals surface area contributed by atoms with Gasteiger partial charge in [0.25, 0.3) is 0 Å². The lowest BCUT2D eigenvalue weighted by Gasteiger charge is -2.34. The summed E-state index contributed by atoms with van der Waals surface area (Å²) in [5.74, 6) is 1.00. The van der Waals surface area contributed by atoms with Gasteiger partial charge in [-0.3, -0.25) is 9.48 Å². The molecule has 1 amide bonds. The van der Waals surface area contributed by atoms with Gasteiger partial charge in [0.2, 0.25) is 5.91 Å². The average molecular weight is 313 g/mol. The van der Waals surface area contributed by atoms with Crippen LogP contribution in [0.25, 0.3) is 0 Å². The topological polar surface area (TPSA) is 63.1 Å². The van der Waals surface area contributed by atoms with E-state index in [0.29, 0.717) is 0 Å². The van der Waals surface area contributed by atoms with Crippen molar-refractivity contribution in [2.45, 2.75) is 39.3 Å². The Balaban J connectivity index is 1.57. The summed E-state index contributed by atoms with van der Waals surface area (Å²) in [7, 11) is 0. The first-order valence-corrected chi connectivity index (χ1v) is 8.07. The molecule has 1 saturated heterocycles. The third kappa shape index (κ3) is 4.09. The fourth-order valence-corrected chi connectivity index (χ4v) is 2.98. The molecule has 0 unspecified atom stereocenters. The zero-order valence-corrected chi connectivity index (χ0v) is 13.7. The normalized spacial score (nSPS) is 18.0. The molecule has 2 aromatic rings. The number of hydrogen-bond donors (Lipinski definition) is 1. The van der Waals surface area contributed by atoms with E-state index in [4.69, 9.17) is 0 Å². The minimum atomic E-state index is 0.0113. The highest BCUT2D eigenvalue weighted by molar-refractivity contribution is 5.76. The van der Waals surface area contributed by atoms with Crippen molar-refractivity contribution in [1.82, 2.24) is 20.1 Å².